The Bertz CT molecular complexity index is 508. The Kier molecular flexibility index (Phi) is 4.49. The van der Waals surface area contributed by atoms with Gasteiger partial charge in [0, 0.05) is 4.47 Å². The van der Waals surface area contributed by atoms with Gasteiger partial charge in [-0.25, -0.2) is 0 Å². The Morgan fingerprint density at radius 3 is 2.56 bits per heavy atom. The predicted molar refractivity (Wildman–Crippen MR) is 74.1 cm³/mol. The minimum atomic E-state index is 0.560. The van der Waals surface area contributed by atoms with Gasteiger partial charge in [0.25, 0.3) is 0 Å². The molecule has 1 aromatic heterocycles. The van der Waals surface area contributed by atoms with Gasteiger partial charge in [0.2, 0.25) is 11.8 Å². The van der Waals surface area contributed by atoms with Crippen molar-refractivity contribution >= 4 is 15.9 Å². The van der Waals surface area contributed by atoms with E-state index in [1.807, 2.05) is 24.3 Å². The van der Waals surface area contributed by atoms with E-state index in [0.717, 1.165) is 23.1 Å². The van der Waals surface area contributed by atoms with Crippen molar-refractivity contribution < 1.29 is 4.42 Å². The molecule has 0 fully saturated rings. The van der Waals surface area contributed by atoms with Gasteiger partial charge in [-0.05, 0) is 41.2 Å². The van der Waals surface area contributed by atoms with Crippen LogP contribution in [0.2, 0.25) is 0 Å². The van der Waals surface area contributed by atoms with Gasteiger partial charge in [-0.3, -0.25) is 4.90 Å². The van der Waals surface area contributed by atoms with Crippen molar-refractivity contribution in [2.45, 2.75) is 20.4 Å². The first kappa shape index (κ1) is 13.2. The zero-order valence-electron chi connectivity index (χ0n) is 10.6. The fraction of sp³-hybridized carbons (Fsp3) is 0.385. The van der Waals surface area contributed by atoms with E-state index in [0.29, 0.717) is 18.3 Å². The highest BCUT2D eigenvalue weighted by molar-refractivity contribution is 9.10. The van der Waals surface area contributed by atoms with Crippen LogP contribution in [-0.4, -0.2) is 28.2 Å². The van der Waals surface area contributed by atoms with Gasteiger partial charge in [-0.1, -0.05) is 26.0 Å². The summed E-state index contributed by atoms with van der Waals surface area (Å²) in [4.78, 5) is 2.23. The lowest BCUT2D eigenvalue weighted by Gasteiger charge is -2.14. The number of hydrogen-bond donors (Lipinski definition) is 0. The van der Waals surface area contributed by atoms with Gasteiger partial charge in [0.15, 0.2) is 0 Å². The van der Waals surface area contributed by atoms with Crippen molar-refractivity contribution in [2.24, 2.45) is 0 Å². The Balaban J connectivity index is 2.18. The summed E-state index contributed by atoms with van der Waals surface area (Å²) in [6, 6.07) is 7.83. The molecule has 0 atom stereocenters. The molecule has 1 heterocycles. The maximum atomic E-state index is 5.69. The summed E-state index contributed by atoms with van der Waals surface area (Å²) in [5, 5.41) is 8.19. The second-order valence-electron chi connectivity index (χ2n) is 3.94. The number of halogens is 1. The molecule has 0 amide bonds. The SMILES string of the molecule is CCN(CC)Cc1nnc(-c2ccccc2Br)o1. The van der Waals surface area contributed by atoms with Crippen molar-refractivity contribution in [1.29, 1.82) is 0 Å². The van der Waals surface area contributed by atoms with Gasteiger partial charge in [0.1, 0.15) is 0 Å². The average molecular weight is 310 g/mol. The lowest BCUT2D eigenvalue weighted by Crippen LogP contribution is -2.22. The predicted octanol–water partition coefficient (Wildman–Crippen LogP) is 3.34. The molecule has 4 nitrogen and oxygen atoms in total. The van der Waals surface area contributed by atoms with Crippen LogP contribution in [-0.2, 0) is 6.54 Å². The molecule has 0 spiro atoms. The molecule has 0 bridgehead atoms. The Hall–Kier alpha value is -1.20. The molecule has 0 aliphatic carbocycles. The number of hydrogen-bond acceptors (Lipinski definition) is 4. The molecule has 1 aromatic carbocycles. The zero-order valence-corrected chi connectivity index (χ0v) is 12.1. The molecule has 2 aromatic rings. The fourth-order valence-electron chi connectivity index (χ4n) is 1.70. The molecular formula is C13H16BrN3O. The molecule has 0 N–H and O–H groups in total. The fourth-order valence-corrected chi connectivity index (χ4v) is 2.15. The molecule has 0 aliphatic heterocycles. The quantitative estimate of drug-likeness (QED) is 0.849. The third kappa shape index (κ3) is 2.97. The number of nitrogens with zero attached hydrogens (tertiary/aromatic N) is 3. The van der Waals surface area contributed by atoms with Crippen molar-refractivity contribution in [3.8, 4) is 11.5 Å². The minimum Gasteiger partial charge on any atom is -0.419 e. The summed E-state index contributed by atoms with van der Waals surface area (Å²) in [6.45, 7) is 6.89. The van der Waals surface area contributed by atoms with Crippen LogP contribution < -0.4 is 0 Å². The molecule has 0 radical (unpaired) electrons. The van der Waals surface area contributed by atoms with E-state index in [1.165, 1.54) is 0 Å². The molecule has 0 saturated carbocycles. The van der Waals surface area contributed by atoms with E-state index in [2.05, 4.69) is 44.9 Å². The summed E-state index contributed by atoms with van der Waals surface area (Å²) in [6.07, 6.45) is 0. The van der Waals surface area contributed by atoms with E-state index in [9.17, 15) is 0 Å². The summed E-state index contributed by atoms with van der Waals surface area (Å²) in [5.74, 6) is 1.22. The standard InChI is InChI=1S/C13H16BrN3O/c1-3-17(4-2)9-12-15-16-13(18-12)10-7-5-6-8-11(10)14/h5-8H,3-4,9H2,1-2H3. The summed E-state index contributed by atoms with van der Waals surface area (Å²) in [7, 11) is 0. The first-order valence-electron chi connectivity index (χ1n) is 6.04. The van der Waals surface area contributed by atoms with Crippen LogP contribution in [0.5, 0.6) is 0 Å². The lowest BCUT2D eigenvalue weighted by atomic mass is 10.2. The van der Waals surface area contributed by atoms with E-state index in [4.69, 9.17) is 4.42 Å². The van der Waals surface area contributed by atoms with Crippen molar-refractivity contribution in [2.75, 3.05) is 13.1 Å². The van der Waals surface area contributed by atoms with Gasteiger partial charge in [0.05, 0.1) is 12.1 Å². The van der Waals surface area contributed by atoms with E-state index in [-0.39, 0.29) is 0 Å². The van der Waals surface area contributed by atoms with Crippen LogP contribution in [0.4, 0.5) is 0 Å². The molecule has 0 saturated heterocycles. The lowest BCUT2D eigenvalue weighted by molar-refractivity contribution is 0.264. The Morgan fingerprint density at radius 1 is 1.17 bits per heavy atom. The van der Waals surface area contributed by atoms with E-state index >= 15 is 0 Å². The second kappa shape index (κ2) is 6.11. The molecule has 0 aliphatic rings. The summed E-state index contributed by atoms with van der Waals surface area (Å²) in [5.41, 5.74) is 0.927. The van der Waals surface area contributed by atoms with Gasteiger partial charge >= 0.3 is 0 Å². The molecule has 5 heteroatoms. The summed E-state index contributed by atoms with van der Waals surface area (Å²) >= 11 is 3.48. The largest absolute Gasteiger partial charge is 0.419 e. The highest BCUT2D eigenvalue weighted by atomic mass is 79.9. The monoisotopic (exact) mass is 309 g/mol. The number of aromatic nitrogens is 2. The average Bonchev–Trinajstić information content (AvgIpc) is 2.85. The van der Waals surface area contributed by atoms with Crippen LogP contribution in [0.3, 0.4) is 0 Å². The van der Waals surface area contributed by atoms with Gasteiger partial charge in [-0.2, -0.15) is 0 Å². The van der Waals surface area contributed by atoms with Crippen LogP contribution >= 0.6 is 15.9 Å². The normalized spacial score (nSPS) is 11.1. The third-order valence-electron chi connectivity index (χ3n) is 2.82. The smallest absolute Gasteiger partial charge is 0.248 e. The zero-order chi connectivity index (χ0) is 13.0. The van der Waals surface area contributed by atoms with E-state index < -0.39 is 0 Å². The maximum Gasteiger partial charge on any atom is 0.248 e. The Labute approximate surface area is 115 Å². The third-order valence-corrected chi connectivity index (χ3v) is 3.52. The number of benzene rings is 1. The van der Waals surface area contributed by atoms with Gasteiger partial charge < -0.3 is 4.42 Å². The molecule has 0 unspecified atom stereocenters. The second-order valence-corrected chi connectivity index (χ2v) is 4.80. The Morgan fingerprint density at radius 2 is 1.89 bits per heavy atom. The van der Waals surface area contributed by atoms with Crippen molar-refractivity contribution in [1.82, 2.24) is 15.1 Å². The highest BCUT2D eigenvalue weighted by Gasteiger charge is 2.12. The molecular weight excluding hydrogens is 294 g/mol. The first-order chi connectivity index (χ1) is 8.74. The van der Waals surface area contributed by atoms with Crippen LogP contribution in [0, 0.1) is 0 Å². The molecule has 96 valence electrons. The van der Waals surface area contributed by atoms with Crippen LogP contribution in [0.15, 0.2) is 33.2 Å². The topological polar surface area (TPSA) is 42.2 Å². The maximum absolute atomic E-state index is 5.69. The van der Waals surface area contributed by atoms with Gasteiger partial charge in [-0.15, -0.1) is 10.2 Å². The molecule has 18 heavy (non-hydrogen) atoms. The minimum absolute atomic E-state index is 0.560. The molecule has 2 rings (SSSR count). The van der Waals surface area contributed by atoms with Crippen LogP contribution in [0.25, 0.3) is 11.5 Å². The van der Waals surface area contributed by atoms with Crippen molar-refractivity contribution in [3.63, 3.8) is 0 Å². The highest BCUT2D eigenvalue weighted by Crippen LogP contribution is 2.26. The van der Waals surface area contributed by atoms with E-state index in [1.54, 1.807) is 0 Å². The summed E-state index contributed by atoms with van der Waals surface area (Å²) < 4.78 is 6.65. The first-order valence-corrected chi connectivity index (χ1v) is 6.83. The van der Waals surface area contributed by atoms with Crippen LogP contribution in [0.1, 0.15) is 19.7 Å². The number of rotatable bonds is 5. The van der Waals surface area contributed by atoms with Crippen molar-refractivity contribution in [3.05, 3.63) is 34.6 Å².